The van der Waals surface area contributed by atoms with Crippen LogP contribution < -0.4 is 36.0 Å². The van der Waals surface area contributed by atoms with E-state index in [1.54, 1.807) is 25.3 Å². The maximum absolute atomic E-state index is 14.5. The van der Waals surface area contributed by atoms with Crippen LogP contribution in [0.5, 0.6) is 23.0 Å². The average molecular weight is 808 g/mol. The summed E-state index contributed by atoms with van der Waals surface area (Å²) in [7, 11) is 5.85. The number of aryl methyl sites for hydroxylation is 2. The Hall–Kier alpha value is -5.87. The lowest BCUT2D eigenvalue weighted by atomic mass is 9.64. The van der Waals surface area contributed by atoms with Gasteiger partial charge in [0.05, 0.1) is 50.6 Å². The lowest BCUT2D eigenvalue weighted by molar-refractivity contribution is -0.122. The van der Waals surface area contributed by atoms with E-state index in [4.69, 9.17) is 37.4 Å². The molecule has 0 unspecified atom stereocenters. The predicted molar refractivity (Wildman–Crippen MR) is 202 cm³/mol. The van der Waals surface area contributed by atoms with Crippen LogP contribution in [0.25, 0.3) is 11.0 Å². The molecule has 290 valence electrons. The van der Waals surface area contributed by atoms with Gasteiger partial charge >= 0.3 is 11.4 Å². The zero-order valence-electron chi connectivity index (χ0n) is 30.3. The number of fused-ring (bicyclic) bond motifs is 5. The molecule has 0 spiro atoms. The fourth-order valence-corrected chi connectivity index (χ4v) is 9.15. The number of anilines is 1. The standard InChI is InChI=1S/C38H33Cl2FN6O9/c1-43-25-17-30(56-4)29(55-3)16-24(25)42-23(32(43)49)12-13-44-35(52)45-14-11-22-26(47(45)36(44)53)18-37(39)33(50)46(21-8-6-20(41)7-9-21)34(51)38(37,40)31(22)19-5-10-27(48)28(15-19)54-2/h5-11,15-17,26,31,48H,12-14,18H2,1-4H3/t26-,31+,37-,38+/m1/s1. The number of phenols is 1. The molecule has 4 atom stereocenters. The summed E-state index contributed by atoms with van der Waals surface area (Å²) in [4.78, 5) is 71.7. The molecule has 3 aliphatic rings. The summed E-state index contributed by atoms with van der Waals surface area (Å²) >= 11 is 14.8. The Morgan fingerprint density at radius 3 is 2.25 bits per heavy atom. The average Bonchev–Trinajstić information content (AvgIpc) is 3.52. The highest BCUT2D eigenvalue weighted by atomic mass is 35.5. The number of rotatable bonds is 8. The monoisotopic (exact) mass is 806 g/mol. The number of halogens is 3. The van der Waals surface area contributed by atoms with E-state index in [0.717, 1.165) is 21.6 Å². The topological polar surface area (TPSA) is 169 Å². The molecule has 0 bridgehead atoms. The maximum atomic E-state index is 14.5. The Kier molecular flexibility index (Phi) is 8.69. The van der Waals surface area contributed by atoms with Crippen LogP contribution in [0.4, 0.5) is 10.1 Å². The molecule has 2 fully saturated rings. The van der Waals surface area contributed by atoms with Crippen LogP contribution in [-0.2, 0) is 36.1 Å². The molecule has 18 heteroatoms. The van der Waals surface area contributed by atoms with Crippen molar-refractivity contribution in [2.45, 2.75) is 47.6 Å². The fourth-order valence-electron chi connectivity index (χ4n) is 8.24. The highest BCUT2D eigenvalue weighted by Crippen LogP contribution is 2.64. The minimum absolute atomic E-state index is 0.0288. The number of carbonyl (C=O) groups excluding carboxylic acids is 2. The van der Waals surface area contributed by atoms with Crippen molar-refractivity contribution in [2.75, 3.05) is 26.2 Å². The third-order valence-corrected chi connectivity index (χ3v) is 12.4. The molecule has 4 heterocycles. The molecule has 1 saturated heterocycles. The van der Waals surface area contributed by atoms with Gasteiger partial charge in [-0.1, -0.05) is 12.1 Å². The van der Waals surface area contributed by atoms with Gasteiger partial charge in [-0.15, -0.1) is 23.2 Å². The van der Waals surface area contributed by atoms with Crippen LogP contribution in [0.15, 0.2) is 80.6 Å². The molecule has 2 aliphatic heterocycles. The first-order valence-corrected chi connectivity index (χ1v) is 18.1. The van der Waals surface area contributed by atoms with Crippen molar-refractivity contribution in [1.82, 2.24) is 23.5 Å². The number of ether oxygens (including phenoxy) is 3. The van der Waals surface area contributed by atoms with Gasteiger partial charge in [0, 0.05) is 44.5 Å². The van der Waals surface area contributed by atoms with E-state index in [-0.39, 0.29) is 48.8 Å². The summed E-state index contributed by atoms with van der Waals surface area (Å²) in [5.74, 6) is -2.95. The smallest absolute Gasteiger partial charge is 0.347 e. The van der Waals surface area contributed by atoms with Gasteiger partial charge in [0.25, 0.3) is 17.4 Å². The maximum Gasteiger partial charge on any atom is 0.347 e. The normalized spacial score (nSPS) is 22.8. The Morgan fingerprint density at radius 1 is 0.893 bits per heavy atom. The van der Waals surface area contributed by atoms with Gasteiger partial charge in [-0.05, 0) is 47.5 Å². The molecule has 2 aromatic heterocycles. The third-order valence-electron chi connectivity index (χ3n) is 11.0. The number of phenolic OH excluding ortho intramolecular Hbond substituents is 1. The van der Waals surface area contributed by atoms with E-state index in [1.165, 1.54) is 65.6 Å². The van der Waals surface area contributed by atoms with E-state index in [9.17, 15) is 33.5 Å². The number of imide groups is 1. The van der Waals surface area contributed by atoms with E-state index >= 15 is 0 Å². The first kappa shape index (κ1) is 37.1. The molecular formula is C38H33Cl2FN6O9. The summed E-state index contributed by atoms with van der Waals surface area (Å²) in [6.07, 6.45) is 1.18. The van der Waals surface area contributed by atoms with Crippen molar-refractivity contribution in [2.24, 2.45) is 7.05 Å². The number of aromatic nitrogens is 5. The molecule has 8 rings (SSSR count). The van der Waals surface area contributed by atoms with Gasteiger partial charge in [-0.25, -0.2) is 37.8 Å². The first-order chi connectivity index (χ1) is 26.7. The second-order valence-electron chi connectivity index (χ2n) is 13.7. The molecule has 1 saturated carbocycles. The number of allylic oxidation sites excluding steroid dienone is 2. The van der Waals surface area contributed by atoms with Crippen molar-refractivity contribution in [3.63, 3.8) is 0 Å². The van der Waals surface area contributed by atoms with Gasteiger partial charge < -0.3 is 23.9 Å². The number of hydrogen-bond donors (Lipinski definition) is 1. The van der Waals surface area contributed by atoms with Crippen LogP contribution in [0.1, 0.15) is 29.6 Å². The molecule has 2 amide bonds. The Balaban J connectivity index is 1.23. The van der Waals surface area contributed by atoms with Crippen molar-refractivity contribution in [3.8, 4) is 23.0 Å². The number of carbonyl (C=O) groups is 2. The molecule has 3 aromatic carbocycles. The SMILES string of the molecule is COc1cc([C@H]2C3=CCn4c(=O)n(CCc5nc6cc(OC)c(OC)cc6n(C)c5=O)c(=O)n4[C@@H]3C[C@@]3(Cl)C(=O)N(c4ccc(F)cc4)C(=O)[C@@]23Cl)ccc1O. The molecule has 15 nitrogen and oxygen atoms in total. The quantitative estimate of drug-likeness (QED) is 0.140. The molecule has 5 aromatic rings. The number of hydrogen-bond acceptors (Lipinski definition) is 10. The summed E-state index contributed by atoms with van der Waals surface area (Å²) in [5.41, 5.74) is -0.120. The van der Waals surface area contributed by atoms with Crippen molar-refractivity contribution < 1.29 is 33.3 Å². The number of aromatic hydroxyl groups is 1. The number of amides is 2. The van der Waals surface area contributed by atoms with E-state index in [0.29, 0.717) is 33.7 Å². The van der Waals surface area contributed by atoms with Crippen LogP contribution in [0.2, 0.25) is 0 Å². The second-order valence-corrected chi connectivity index (χ2v) is 15.0. The molecule has 0 radical (unpaired) electrons. The van der Waals surface area contributed by atoms with Crippen LogP contribution in [-0.4, -0.2) is 71.5 Å². The second kappa shape index (κ2) is 13.1. The van der Waals surface area contributed by atoms with Crippen LogP contribution in [0, 0.1) is 5.82 Å². The minimum Gasteiger partial charge on any atom is -0.504 e. The van der Waals surface area contributed by atoms with Crippen molar-refractivity contribution >= 4 is 51.7 Å². The van der Waals surface area contributed by atoms with Gasteiger partial charge in [0.2, 0.25) is 0 Å². The van der Waals surface area contributed by atoms with Gasteiger partial charge in [-0.2, -0.15) is 0 Å². The highest BCUT2D eigenvalue weighted by molar-refractivity contribution is 6.58. The van der Waals surface area contributed by atoms with Crippen molar-refractivity contribution in [1.29, 1.82) is 0 Å². The third kappa shape index (κ3) is 5.08. The van der Waals surface area contributed by atoms with Gasteiger partial charge in [-0.3, -0.25) is 14.4 Å². The molecule has 1 N–H and O–H groups in total. The summed E-state index contributed by atoms with van der Waals surface area (Å²) in [6, 6.07) is 11.2. The minimum atomic E-state index is -2.21. The lowest BCUT2D eigenvalue weighted by Crippen LogP contribution is -2.59. The Morgan fingerprint density at radius 2 is 1.57 bits per heavy atom. The zero-order chi connectivity index (χ0) is 40.0. The summed E-state index contributed by atoms with van der Waals surface area (Å²) in [6.45, 7) is -0.351. The van der Waals surface area contributed by atoms with Crippen molar-refractivity contribution in [3.05, 3.63) is 115 Å². The fraction of sp³-hybridized carbons (Fsp3) is 0.316. The zero-order valence-corrected chi connectivity index (χ0v) is 31.8. The Bertz CT molecular complexity index is 2720. The van der Waals surface area contributed by atoms with Crippen LogP contribution >= 0.6 is 23.2 Å². The summed E-state index contributed by atoms with van der Waals surface area (Å²) in [5, 5.41) is 10.5. The molecular weight excluding hydrogens is 774 g/mol. The van der Waals surface area contributed by atoms with Crippen LogP contribution in [0.3, 0.4) is 0 Å². The molecule has 1 aliphatic carbocycles. The lowest BCUT2D eigenvalue weighted by Gasteiger charge is -2.49. The summed E-state index contributed by atoms with van der Waals surface area (Å²) < 4.78 is 34.9. The largest absolute Gasteiger partial charge is 0.504 e. The highest BCUT2D eigenvalue weighted by Gasteiger charge is 2.75. The van der Waals surface area contributed by atoms with E-state index < -0.39 is 56.3 Å². The van der Waals surface area contributed by atoms with Gasteiger partial charge in [0.1, 0.15) is 11.5 Å². The Labute approximate surface area is 326 Å². The number of alkyl halides is 2. The van der Waals surface area contributed by atoms with Gasteiger partial charge in [0.15, 0.2) is 32.7 Å². The van der Waals surface area contributed by atoms with E-state index in [2.05, 4.69) is 4.98 Å². The van der Waals surface area contributed by atoms with E-state index in [1.807, 2.05) is 0 Å². The number of methoxy groups -OCH3 is 3. The number of benzene rings is 3. The predicted octanol–water partition coefficient (Wildman–Crippen LogP) is 3.37. The molecule has 56 heavy (non-hydrogen) atoms. The first-order valence-electron chi connectivity index (χ1n) is 17.3. The number of nitrogens with zero attached hydrogens (tertiary/aromatic N) is 6.